The van der Waals surface area contributed by atoms with E-state index in [4.69, 9.17) is 13.6 Å². The number of aliphatic imine (C=N–C) groups is 1. The molecule has 2 rings (SSSR count). The number of ether oxygens (including phenoxy) is 1. The van der Waals surface area contributed by atoms with E-state index in [0.717, 1.165) is 37.0 Å². The summed E-state index contributed by atoms with van der Waals surface area (Å²) in [5.41, 5.74) is 0. The summed E-state index contributed by atoms with van der Waals surface area (Å²) in [6.45, 7) is 5.36. The first-order chi connectivity index (χ1) is 10.9. The van der Waals surface area contributed by atoms with E-state index in [0.29, 0.717) is 19.8 Å². The fourth-order valence-electron chi connectivity index (χ4n) is 1.85. The summed E-state index contributed by atoms with van der Waals surface area (Å²) in [6.07, 6.45) is 4.20. The van der Waals surface area contributed by atoms with Crippen molar-refractivity contribution in [3.8, 4) is 0 Å². The first-order valence-electron chi connectivity index (χ1n) is 7.53. The highest BCUT2D eigenvalue weighted by atomic mass is 127. The van der Waals surface area contributed by atoms with Crippen molar-refractivity contribution in [2.24, 2.45) is 4.99 Å². The number of halogens is 1. The highest BCUT2D eigenvalue weighted by Gasteiger charge is 1.99. The van der Waals surface area contributed by atoms with Gasteiger partial charge in [0.05, 0.1) is 12.5 Å². The molecule has 0 radical (unpaired) electrons. The third-order valence-corrected chi connectivity index (χ3v) is 2.90. The van der Waals surface area contributed by atoms with Gasteiger partial charge >= 0.3 is 0 Å². The van der Waals surface area contributed by atoms with E-state index in [9.17, 15) is 0 Å². The molecule has 0 aliphatic carbocycles. The van der Waals surface area contributed by atoms with E-state index >= 15 is 0 Å². The summed E-state index contributed by atoms with van der Waals surface area (Å²) in [5.74, 6) is 2.48. The molecule has 0 atom stereocenters. The van der Waals surface area contributed by atoms with Gasteiger partial charge in [0.2, 0.25) is 0 Å². The Balaban J connectivity index is 0.00000264. The predicted octanol–water partition coefficient (Wildman–Crippen LogP) is 3.15. The number of hydrogen-bond acceptors (Lipinski definition) is 4. The largest absolute Gasteiger partial charge is 0.467 e. The SMILES string of the molecule is CCNC(=NCc1ccco1)NCCCOCc1ccco1.I. The van der Waals surface area contributed by atoms with Gasteiger partial charge in [-0.25, -0.2) is 4.99 Å². The van der Waals surface area contributed by atoms with E-state index in [1.807, 2.05) is 31.2 Å². The smallest absolute Gasteiger partial charge is 0.191 e. The van der Waals surface area contributed by atoms with Crippen LogP contribution in [0.5, 0.6) is 0 Å². The molecule has 2 aromatic rings. The van der Waals surface area contributed by atoms with Crippen molar-refractivity contribution < 1.29 is 13.6 Å². The molecule has 2 heterocycles. The lowest BCUT2D eigenvalue weighted by Gasteiger charge is -2.10. The Hall–Kier alpha value is -1.48. The fraction of sp³-hybridized carbons (Fsp3) is 0.438. The summed E-state index contributed by atoms with van der Waals surface area (Å²) in [4.78, 5) is 4.46. The van der Waals surface area contributed by atoms with Gasteiger partial charge < -0.3 is 24.2 Å². The van der Waals surface area contributed by atoms with Gasteiger partial charge in [-0.1, -0.05) is 0 Å². The van der Waals surface area contributed by atoms with Crippen LogP contribution in [0.3, 0.4) is 0 Å². The van der Waals surface area contributed by atoms with Gasteiger partial charge in [-0.15, -0.1) is 24.0 Å². The molecule has 0 saturated heterocycles. The second-order valence-electron chi connectivity index (χ2n) is 4.69. The number of hydrogen-bond donors (Lipinski definition) is 2. The lowest BCUT2D eigenvalue weighted by molar-refractivity contribution is 0.105. The van der Waals surface area contributed by atoms with Crippen molar-refractivity contribution in [3.63, 3.8) is 0 Å². The first kappa shape index (κ1) is 19.6. The second kappa shape index (κ2) is 12.0. The molecule has 0 aliphatic rings. The van der Waals surface area contributed by atoms with Gasteiger partial charge in [0, 0.05) is 19.7 Å². The predicted molar refractivity (Wildman–Crippen MR) is 99.9 cm³/mol. The average molecular weight is 433 g/mol. The van der Waals surface area contributed by atoms with E-state index in [2.05, 4.69) is 15.6 Å². The summed E-state index contributed by atoms with van der Waals surface area (Å²) in [5, 5.41) is 6.47. The molecule has 0 bridgehead atoms. The van der Waals surface area contributed by atoms with Crippen molar-refractivity contribution in [2.75, 3.05) is 19.7 Å². The highest BCUT2D eigenvalue weighted by Crippen LogP contribution is 2.02. The van der Waals surface area contributed by atoms with Gasteiger partial charge in [-0.05, 0) is 37.6 Å². The Labute approximate surface area is 153 Å². The Bertz CT molecular complexity index is 527. The number of rotatable bonds is 9. The van der Waals surface area contributed by atoms with E-state index in [1.165, 1.54) is 0 Å². The zero-order valence-corrected chi connectivity index (χ0v) is 15.6. The van der Waals surface area contributed by atoms with Gasteiger partial charge in [0.15, 0.2) is 5.96 Å². The van der Waals surface area contributed by atoms with Crippen LogP contribution in [0.1, 0.15) is 24.9 Å². The molecule has 23 heavy (non-hydrogen) atoms. The molecule has 6 nitrogen and oxygen atoms in total. The van der Waals surface area contributed by atoms with E-state index in [1.54, 1.807) is 12.5 Å². The van der Waals surface area contributed by atoms with Crippen LogP contribution in [-0.2, 0) is 17.9 Å². The highest BCUT2D eigenvalue weighted by molar-refractivity contribution is 14.0. The Morgan fingerprint density at radius 1 is 1.13 bits per heavy atom. The number of guanidine groups is 1. The lowest BCUT2D eigenvalue weighted by Crippen LogP contribution is -2.38. The summed E-state index contributed by atoms with van der Waals surface area (Å²) in [6, 6.07) is 7.54. The number of nitrogens with one attached hydrogen (secondary N) is 2. The molecule has 2 N–H and O–H groups in total. The maximum Gasteiger partial charge on any atom is 0.191 e. The van der Waals surface area contributed by atoms with Crippen molar-refractivity contribution in [3.05, 3.63) is 48.3 Å². The Morgan fingerprint density at radius 2 is 1.87 bits per heavy atom. The molecule has 2 aromatic heterocycles. The molecular weight excluding hydrogens is 409 g/mol. The van der Waals surface area contributed by atoms with Gasteiger partial charge in [-0.2, -0.15) is 0 Å². The Kier molecular flexibility index (Phi) is 10.2. The van der Waals surface area contributed by atoms with Crippen LogP contribution in [0.15, 0.2) is 50.6 Å². The molecule has 0 aliphatic heterocycles. The average Bonchev–Trinajstić information content (AvgIpc) is 3.21. The minimum atomic E-state index is 0. The van der Waals surface area contributed by atoms with Crippen molar-refractivity contribution >= 4 is 29.9 Å². The molecule has 0 amide bonds. The number of furan rings is 2. The zero-order chi connectivity index (χ0) is 15.5. The van der Waals surface area contributed by atoms with Gasteiger partial charge in [-0.3, -0.25) is 0 Å². The molecule has 7 heteroatoms. The topological polar surface area (TPSA) is 71.9 Å². The number of nitrogens with zero attached hydrogens (tertiary/aromatic N) is 1. The molecular formula is C16H24IN3O3. The van der Waals surface area contributed by atoms with Crippen LogP contribution < -0.4 is 10.6 Å². The molecule has 0 aromatic carbocycles. The van der Waals surface area contributed by atoms with Crippen molar-refractivity contribution in [1.29, 1.82) is 0 Å². The molecule has 0 spiro atoms. The maximum atomic E-state index is 5.53. The summed E-state index contributed by atoms with van der Waals surface area (Å²) < 4.78 is 16.0. The quantitative estimate of drug-likeness (QED) is 0.275. The van der Waals surface area contributed by atoms with Crippen molar-refractivity contribution in [1.82, 2.24) is 10.6 Å². The van der Waals surface area contributed by atoms with Gasteiger partial charge in [0.1, 0.15) is 24.7 Å². The second-order valence-corrected chi connectivity index (χ2v) is 4.69. The third kappa shape index (κ3) is 8.08. The van der Waals surface area contributed by atoms with Crippen LogP contribution in [0.4, 0.5) is 0 Å². The monoisotopic (exact) mass is 433 g/mol. The van der Waals surface area contributed by atoms with Crippen LogP contribution in [0.25, 0.3) is 0 Å². The normalized spacial score (nSPS) is 11.1. The van der Waals surface area contributed by atoms with E-state index in [-0.39, 0.29) is 24.0 Å². The van der Waals surface area contributed by atoms with Crippen LogP contribution in [0, 0.1) is 0 Å². The molecule has 0 fully saturated rings. The maximum absolute atomic E-state index is 5.53. The van der Waals surface area contributed by atoms with Crippen LogP contribution in [-0.4, -0.2) is 25.7 Å². The molecule has 0 unspecified atom stereocenters. The summed E-state index contributed by atoms with van der Waals surface area (Å²) >= 11 is 0. The standard InChI is InChI=1S/C16H23N3O3.HI/c1-2-17-16(19-12-14-6-3-10-21-14)18-8-5-9-20-13-15-7-4-11-22-15;/h3-4,6-7,10-11H,2,5,8-9,12-13H2,1H3,(H2,17,18,19);1H. The lowest BCUT2D eigenvalue weighted by atomic mass is 10.4. The molecule has 0 saturated carbocycles. The summed E-state index contributed by atoms with van der Waals surface area (Å²) in [7, 11) is 0. The minimum Gasteiger partial charge on any atom is -0.467 e. The Morgan fingerprint density at radius 3 is 2.52 bits per heavy atom. The molecule has 128 valence electrons. The third-order valence-electron chi connectivity index (χ3n) is 2.90. The minimum absolute atomic E-state index is 0. The zero-order valence-electron chi connectivity index (χ0n) is 13.3. The van der Waals surface area contributed by atoms with E-state index < -0.39 is 0 Å². The van der Waals surface area contributed by atoms with Crippen LogP contribution in [0.2, 0.25) is 0 Å². The fourth-order valence-corrected chi connectivity index (χ4v) is 1.85. The van der Waals surface area contributed by atoms with Gasteiger partial charge in [0.25, 0.3) is 0 Å². The van der Waals surface area contributed by atoms with Crippen LogP contribution >= 0.6 is 24.0 Å². The van der Waals surface area contributed by atoms with Crippen molar-refractivity contribution in [2.45, 2.75) is 26.5 Å². The first-order valence-corrected chi connectivity index (χ1v) is 7.53.